The van der Waals surface area contributed by atoms with Crippen molar-refractivity contribution in [1.82, 2.24) is 35.0 Å². The van der Waals surface area contributed by atoms with Gasteiger partial charge in [-0.2, -0.15) is 0 Å². The molecule has 0 fully saturated rings. The molecule has 3 aromatic heterocycles. The first kappa shape index (κ1) is 21.6. The van der Waals surface area contributed by atoms with Crippen LogP contribution in [0.4, 0.5) is 5.82 Å². The van der Waals surface area contributed by atoms with E-state index in [1.165, 1.54) is 11.1 Å². The van der Waals surface area contributed by atoms with Gasteiger partial charge in [0.15, 0.2) is 11.5 Å². The first-order chi connectivity index (χ1) is 17.7. The molecule has 1 aliphatic rings. The number of carbonyl (C=O) groups is 1. The molecule has 36 heavy (non-hydrogen) atoms. The Morgan fingerprint density at radius 1 is 1.03 bits per heavy atom. The molecule has 1 amide bonds. The third kappa shape index (κ3) is 4.07. The van der Waals surface area contributed by atoms with Crippen molar-refractivity contribution in [2.24, 2.45) is 0 Å². The van der Waals surface area contributed by atoms with E-state index in [0.29, 0.717) is 22.8 Å². The smallest absolute Gasteiger partial charge is 0.251 e. The average molecular weight is 475 g/mol. The zero-order valence-electron chi connectivity index (χ0n) is 19.2. The molecule has 3 heterocycles. The van der Waals surface area contributed by atoms with Gasteiger partial charge in [0.2, 0.25) is 5.82 Å². The summed E-state index contributed by atoms with van der Waals surface area (Å²) in [7, 11) is 0. The molecule has 0 spiro atoms. The molecule has 0 saturated carbocycles. The lowest BCUT2D eigenvalue weighted by atomic mass is 10.1. The summed E-state index contributed by atoms with van der Waals surface area (Å²) in [6.07, 6.45) is 8.40. The van der Waals surface area contributed by atoms with Gasteiger partial charge in [-0.1, -0.05) is 36.4 Å². The molecule has 0 bridgehead atoms. The van der Waals surface area contributed by atoms with E-state index in [2.05, 4.69) is 42.5 Å². The maximum atomic E-state index is 13.1. The summed E-state index contributed by atoms with van der Waals surface area (Å²) in [6, 6.07) is 19.2. The van der Waals surface area contributed by atoms with Crippen LogP contribution in [0.15, 0.2) is 85.6 Å². The summed E-state index contributed by atoms with van der Waals surface area (Å²) in [5.41, 5.74) is 11.7. The molecule has 3 N–H and O–H groups in total. The number of carbonyl (C=O) groups excluding carboxylic acids is 1. The van der Waals surface area contributed by atoms with Crippen molar-refractivity contribution in [3.8, 4) is 28.5 Å². The van der Waals surface area contributed by atoms with Gasteiger partial charge in [-0.15, -0.1) is 5.10 Å². The van der Waals surface area contributed by atoms with E-state index in [1.807, 2.05) is 42.5 Å². The van der Waals surface area contributed by atoms with Gasteiger partial charge < -0.3 is 11.1 Å². The minimum Gasteiger partial charge on any atom is -0.382 e. The standard InChI is InChI=1S/C27H22N8O/c28-25-24(26-31-16-35(34-26)20-10-12-29-13-11-20)32-23(15-30-25)18-5-3-6-19(14-18)27(36)33-22-9-8-17-4-1-2-7-21(17)22/h1-7,10-16,22H,8-9H2,(H2,28,30)(H,33,36). The number of aromatic nitrogens is 6. The number of nitrogen functional groups attached to an aromatic ring is 1. The van der Waals surface area contributed by atoms with Crippen molar-refractivity contribution in [2.75, 3.05) is 5.73 Å². The van der Waals surface area contributed by atoms with Gasteiger partial charge in [-0.25, -0.2) is 19.6 Å². The molecule has 176 valence electrons. The Morgan fingerprint density at radius 2 is 1.89 bits per heavy atom. The largest absolute Gasteiger partial charge is 0.382 e. The fraction of sp³-hybridized carbons (Fsp3) is 0.111. The Morgan fingerprint density at radius 3 is 2.78 bits per heavy atom. The molecular weight excluding hydrogens is 452 g/mol. The van der Waals surface area contributed by atoms with E-state index in [9.17, 15) is 4.79 Å². The fourth-order valence-electron chi connectivity index (χ4n) is 4.46. The van der Waals surface area contributed by atoms with E-state index in [0.717, 1.165) is 24.1 Å². The lowest BCUT2D eigenvalue weighted by Gasteiger charge is -2.14. The van der Waals surface area contributed by atoms with Crippen LogP contribution in [-0.2, 0) is 6.42 Å². The third-order valence-electron chi connectivity index (χ3n) is 6.29. The average Bonchev–Trinajstić information content (AvgIpc) is 3.58. The number of aryl methyl sites for hydroxylation is 1. The van der Waals surface area contributed by atoms with Crippen molar-refractivity contribution in [1.29, 1.82) is 0 Å². The second-order valence-electron chi connectivity index (χ2n) is 8.55. The third-order valence-corrected chi connectivity index (χ3v) is 6.29. The van der Waals surface area contributed by atoms with Crippen molar-refractivity contribution >= 4 is 11.7 Å². The maximum absolute atomic E-state index is 13.1. The number of hydrogen-bond donors (Lipinski definition) is 2. The van der Waals surface area contributed by atoms with Gasteiger partial charge in [-0.05, 0) is 48.2 Å². The maximum Gasteiger partial charge on any atom is 0.251 e. The number of nitrogens with zero attached hydrogens (tertiary/aromatic N) is 6. The summed E-state index contributed by atoms with van der Waals surface area (Å²) >= 11 is 0. The van der Waals surface area contributed by atoms with Gasteiger partial charge >= 0.3 is 0 Å². The molecular formula is C27H22N8O. The van der Waals surface area contributed by atoms with E-state index in [-0.39, 0.29) is 17.8 Å². The van der Waals surface area contributed by atoms with E-state index in [1.54, 1.807) is 35.7 Å². The molecule has 1 aliphatic carbocycles. The number of nitrogens with one attached hydrogen (secondary N) is 1. The first-order valence-corrected chi connectivity index (χ1v) is 11.6. The normalized spacial score (nSPS) is 14.4. The first-order valence-electron chi connectivity index (χ1n) is 11.6. The number of hydrogen-bond acceptors (Lipinski definition) is 7. The Bertz CT molecular complexity index is 1560. The summed E-state index contributed by atoms with van der Waals surface area (Å²) in [6.45, 7) is 0. The Balaban J connectivity index is 1.26. The number of fused-ring (bicyclic) bond motifs is 1. The highest BCUT2D eigenvalue weighted by atomic mass is 16.1. The molecule has 0 aliphatic heterocycles. The van der Waals surface area contributed by atoms with Crippen LogP contribution in [0.25, 0.3) is 28.5 Å². The van der Waals surface area contributed by atoms with Crippen molar-refractivity contribution in [2.45, 2.75) is 18.9 Å². The second-order valence-corrected chi connectivity index (χ2v) is 8.55. The number of rotatable bonds is 5. The molecule has 0 saturated heterocycles. The second kappa shape index (κ2) is 9.03. The van der Waals surface area contributed by atoms with Gasteiger partial charge in [0.1, 0.15) is 6.33 Å². The van der Waals surface area contributed by atoms with Crippen molar-refractivity contribution in [3.63, 3.8) is 0 Å². The monoisotopic (exact) mass is 474 g/mol. The summed E-state index contributed by atoms with van der Waals surface area (Å²) in [4.78, 5) is 30.5. The number of anilines is 1. The summed E-state index contributed by atoms with van der Waals surface area (Å²) in [5.74, 6) is 0.451. The van der Waals surface area contributed by atoms with Crippen LogP contribution in [0, 0.1) is 0 Å². The Hall–Kier alpha value is -4.92. The quantitative estimate of drug-likeness (QED) is 0.397. The van der Waals surface area contributed by atoms with Crippen LogP contribution in [0.3, 0.4) is 0 Å². The fourth-order valence-corrected chi connectivity index (χ4v) is 4.46. The van der Waals surface area contributed by atoms with E-state index >= 15 is 0 Å². The number of amides is 1. The van der Waals surface area contributed by atoms with Crippen LogP contribution in [0.2, 0.25) is 0 Å². The van der Waals surface area contributed by atoms with E-state index in [4.69, 9.17) is 5.73 Å². The summed E-state index contributed by atoms with van der Waals surface area (Å²) < 4.78 is 1.62. The van der Waals surface area contributed by atoms with Gasteiger partial charge in [-0.3, -0.25) is 9.78 Å². The number of pyridine rings is 1. The predicted molar refractivity (Wildman–Crippen MR) is 135 cm³/mol. The van der Waals surface area contributed by atoms with Crippen LogP contribution in [0.1, 0.15) is 33.9 Å². The van der Waals surface area contributed by atoms with Crippen molar-refractivity contribution in [3.05, 3.63) is 102 Å². The zero-order valence-corrected chi connectivity index (χ0v) is 19.2. The van der Waals surface area contributed by atoms with Crippen molar-refractivity contribution < 1.29 is 4.79 Å². The lowest BCUT2D eigenvalue weighted by molar-refractivity contribution is 0.0936. The minimum atomic E-state index is -0.125. The van der Waals surface area contributed by atoms with Crippen LogP contribution < -0.4 is 11.1 Å². The molecule has 2 aromatic carbocycles. The molecule has 0 radical (unpaired) electrons. The van der Waals surface area contributed by atoms with Gasteiger partial charge in [0.05, 0.1) is 23.6 Å². The molecule has 1 atom stereocenters. The Kier molecular flexibility index (Phi) is 5.42. The highest BCUT2D eigenvalue weighted by molar-refractivity contribution is 5.95. The molecule has 5 aromatic rings. The Labute approximate surface area is 207 Å². The highest BCUT2D eigenvalue weighted by Gasteiger charge is 2.24. The van der Waals surface area contributed by atoms with Gasteiger partial charge in [0, 0.05) is 23.5 Å². The van der Waals surface area contributed by atoms with Crippen LogP contribution >= 0.6 is 0 Å². The lowest BCUT2D eigenvalue weighted by Crippen LogP contribution is -2.27. The number of benzene rings is 2. The zero-order chi connectivity index (χ0) is 24.5. The van der Waals surface area contributed by atoms with Crippen LogP contribution in [0.5, 0.6) is 0 Å². The van der Waals surface area contributed by atoms with Gasteiger partial charge in [0.25, 0.3) is 5.91 Å². The number of nitrogens with two attached hydrogens (primary N) is 1. The molecule has 9 nitrogen and oxygen atoms in total. The summed E-state index contributed by atoms with van der Waals surface area (Å²) in [5, 5.41) is 7.67. The molecule has 1 unspecified atom stereocenters. The minimum absolute atomic E-state index is 0.0156. The topological polar surface area (TPSA) is 124 Å². The predicted octanol–water partition coefficient (Wildman–Crippen LogP) is 3.79. The SMILES string of the molecule is Nc1ncc(-c2cccc(C(=O)NC3CCc4ccccc43)c2)nc1-c1ncn(-c2ccncc2)n1. The van der Waals surface area contributed by atoms with Crippen LogP contribution in [-0.4, -0.2) is 35.6 Å². The van der Waals surface area contributed by atoms with E-state index < -0.39 is 0 Å². The molecule has 9 heteroatoms. The highest BCUT2D eigenvalue weighted by Crippen LogP contribution is 2.31. The molecule has 6 rings (SSSR count).